The maximum atomic E-state index is 12.2. The Bertz CT molecular complexity index is 457. The molecule has 1 aliphatic heterocycles. The van der Waals surface area contributed by atoms with Crippen LogP contribution in [0.15, 0.2) is 36.0 Å². The van der Waals surface area contributed by atoms with Crippen molar-refractivity contribution in [1.29, 1.82) is 0 Å². The summed E-state index contributed by atoms with van der Waals surface area (Å²) in [6, 6.07) is 0. The number of Topliss-reactive ketones (excluding diaryl/α,β-unsaturated/α-hetero) is 1. The first-order valence-corrected chi connectivity index (χ1v) is 4.78. The minimum absolute atomic E-state index is 0.384. The fraction of sp³-hybridized carbons (Fsp3) is 0.273. The van der Waals surface area contributed by atoms with Gasteiger partial charge in [0, 0.05) is 0 Å². The van der Waals surface area contributed by atoms with Crippen LogP contribution in [0, 0.1) is 5.92 Å². The van der Waals surface area contributed by atoms with Gasteiger partial charge < -0.3 is 4.74 Å². The third-order valence-corrected chi connectivity index (χ3v) is 2.43. The third-order valence-electron chi connectivity index (χ3n) is 2.43. The van der Waals surface area contributed by atoms with Gasteiger partial charge in [0.05, 0.1) is 0 Å². The van der Waals surface area contributed by atoms with Crippen molar-refractivity contribution in [2.75, 3.05) is 0 Å². The highest BCUT2D eigenvalue weighted by Gasteiger charge is 2.48. The van der Waals surface area contributed by atoms with E-state index in [4.69, 9.17) is 4.74 Å². The molecule has 0 saturated heterocycles. The first-order valence-electron chi connectivity index (χ1n) is 4.78. The van der Waals surface area contributed by atoms with E-state index in [-0.39, 0.29) is 0 Å². The highest BCUT2D eigenvalue weighted by Crippen LogP contribution is 2.29. The molecular formula is C11H7F3O3. The second-order valence-electron chi connectivity index (χ2n) is 3.61. The molecule has 2 atom stereocenters. The summed E-state index contributed by atoms with van der Waals surface area (Å²) < 4.78 is 41.4. The van der Waals surface area contributed by atoms with Gasteiger partial charge in [-0.2, -0.15) is 13.2 Å². The maximum absolute atomic E-state index is 12.2. The highest BCUT2D eigenvalue weighted by atomic mass is 19.4. The van der Waals surface area contributed by atoms with Gasteiger partial charge >= 0.3 is 12.1 Å². The highest BCUT2D eigenvalue weighted by molar-refractivity contribution is 6.04. The smallest absolute Gasteiger partial charge is 0.451 e. The number of halogens is 3. The number of carbonyl (C=O) groups is 2. The minimum atomic E-state index is -5.04. The van der Waals surface area contributed by atoms with E-state index < -0.39 is 30.0 Å². The Morgan fingerprint density at radius 2 is 2.00 bits per heavy atom. The number of alkyl halides is 3. The normalized spacial score (nSPS) is 27.2. The van der Waals surface area contributed by atoms with Gasteiger partial charge in [-0.15, -0.1) is 0 Å². The van der Waals surface area contributed by atoms with E-state index in [2.05, 4.69) is 0 Å². The van der Waals surface area contributed by atoms with E-state index in [1.54, 1.807) is 12.2 Å². The van der Waals surface area contributed by atoms with Crippen molar-refractivity contribution in [3.8, 4) is 0 Å². The zero-order valence-corrected chi connectivity index (χ0v) is 8.40. The molecule has 0 aromatic rings. The molecule has 0 fully saturated rings. The zero-order chi connectivity index (χ0) is 12.6. The standard InChI is InChI=1S/C11H7F3O3/c12-11(13,14)9(15)7-5-6-3-1-2-4-8(6)17-10(7)16/h1-5,7-8H/t7-,8+/m0/s1. The number of esters is 1. The molecule has 17 heavy (non-hydrogen) atoms. The van der Waals surface area contributed by atoms with Crippen molar-refractivity contribution >= 4 is 11.8 Å². The van der Waals surface area contributed by atoms with Gasteiger partial charge in [-0.25, -0.2) is 0 Å². The van der Waals surface area contributed by atoms with E-state index in [1.165, 1.54) is 12.2 Å². The van der Waals surface area contributed by atoms with Crippen LogP contribution in [0.3, 0.4) is 0 Å². The Labute approximate surface area is 94.2 Å². The minimum Gasteiger partial charge on any atom is -0.452 e. The summed E-state index contributed by atoms with van der Waals surface area (Å²) in [6.07, 6.45) is 1.52. The van der Waals surface area contributed by atoms with Crippen LogP contribution in [0.25, 0.3) is 0 Å². The molecule has 0 bridgehead atoms. The van der Waals surface area contributed by atoms with E-state index in [0.717, 1.165) is 6.08 Å². The van der Waals surface area contributed by atoms with E-state index in [1.807, 2.05) is 0 Å². The van der Waals surface area contributed by atoms with Gasteiger partial charge in [-0.3, -0.25) is 9.59 Å². The summed E-state index contributed by atoms with van der Waals surface area (Å²) in [5, 5.41) is 0. The number of allylic oxidation sites excluding steroid dienone is 2. The van der Waals surface area contributed by atoms with Gasteiger partial charge in [-0.05, 0) is 11.6 Å². The topological polar surface area (TPSA) is 43.4 Å². The van der Waals surface area contributed by atoms with Crippen molar-refractivity contribution in [3.05, 3.63) is 36.0 Å². The number of ketones is 1. The molecule has 0 amide bonds. The lowest BCUT2D eigenvalue weighted by Crippen LogP contribution is -2.40. The second-order valence-corrected chi connectivity index (χ2v) is 3.61. The first kappa shape index (κ1) is 11.6. The molecule has 1 heterocycles. The average molecular weight is 244 g/mol. The van der Waals surface area contributed by atoms with Crippen LogP contribution < -0.4 is 0 Å². The lowest BCUT2D eigenvalue weighted by molar-refractivity contribution is -0.180. The SMILES string of the molecule is O=C1O[C@@H]2C=CC=CC2=C[C@H]1C(=O)C(F)(F)F. The van der Waals surface area contributed by atoms with Crippen LogP contribution in [-0.2, 0) is 14.3 Å². The molecule has 2 aliphatic rings. The monoisotopic (exact) mass is 244 g/mol. The fourth-order valence-electron chi connectivity index (χ4n) is 1.61. The molecule has 0 aromatic carbocycles. The molecule has 0 N–H and O–H groups in total. The summed E-state index contributed by atoms with van der Waals surface area (Å²) in [6.45, 7) is 0. The molecule has 0 saturated carbocycles. The van der Waals surface area contributed by atoms with Crippen molar-refractivity contribution < 1.29 is 27.5 Å². The van der Waals surface area contributed by atoms with Gasteiger partial charge in [0.1, 0.15) is 12.0 Å². The Kier molecular flexibility index (Phi) is 2.65. The fourth-order valence-corrected chi connectivity index (χ4v) is 1.61. The average Bonchev–Trinajstić information content (AvgIpc) is 2.26. The Morgan fingerprint density at radius 1 is 1.29 bits per heavy atom. The lowest BCUT2D eigenvalue weighted by atomic mass is 9.93. The molecule has 0 spiro atoms. The van der Waals surface area contributed by atoms with Gasteiger partial charge in [0.15, 0.2) is 0 Å². The van der Waals surface area contributed by atoms with Crippen molar-refractivity contribution in [1.82, 2.24) is 0 Å². The quantitative estimate of drug-likeness (QED) is 0.521. The lowest BCUT2D eigenvalue weighted by Gasteiger charge is -2.26. The molecular weight excluding hydrogens is 237 g/mol. The van der Waals surface area contributed by atoms with Crippen LogP contribution in [-0.4, -0.2) is 24.0 Å². The van der Waals surface area contributed by atoms with E-state index >= 15 is 0 Å². The van der Waals surface area contributed by atoms with Gasteiger partial charge in [-0.1, -0.05) is 24.3 Å². The first-order chi connectivity index (χ1) is 7.89. The summed E-state index contributed by atoms with van der Waals surface area (Å²) in [5.74, 6) is -5.16. The Hall–Kier alpha value is -1.85. The molecule has 0 radical (unpaired) electrons. The second kappa shape index (κ2) is 3.87. The third kappa shape index (κ3) is 2.15. The van der Waals surface area contributed by atoms with Crippen LogP contribution in [0.5, 0.6) is 0 Å². The maximum Gasteiger partial charge on any atom is 0.451 e. The van der Waals surface area contributed by atoms with Crippen LogP contribution in [0.1, 0.15) is 0 Å². The predicted molar refractivity (Wildman–Crippen MR) is 50.8 cm³/mol. The number of ether oxygens (including phenoxy) is 1. The summed E-state index contributed by atoms with van der Waals surface area (Å²) in [5.41, 5.74) is 0.384. The summed E-state index contributed by atoms with van der Waals surface area (Å²) >= 11 is 0. The van der Waals surface area contributed by atoms with Crippen molar-refractivity contribution in [2.45, 2.75) is 12.3 Å². The number of fused-ring (bicyclic) bond motifs is 1. The van der Waals surface area contributed by atoms with E-state index in [0.29, 0.717) is 5.57 Å². The predicted octanol–water partition coefficient (Wildman–Crippen LogP) is 1.71. The molecule has 3 nitrogen and oxygen atoms in total. The molecule has 0 unspecified atom stereocenters. The zero-order valence-electron chi connectivity index (χ0n) is 8.40. The number of hydrogen-bond donors (Lipinski definition) is 0. The van der Waals surface area contributed by atoms with Gasteiger partial charge in [0.25, 0.3) is 5.78 Å². The van der Waals surface area contributed by atoms with Gasteiger partial charge in [0.2, 0.25) is 0 Å². The van der Waals surface area contributed by atoms with Crippen LogP contribution >= 0.6 is 0 Å². The largest absolute Gasteiger partial charge is 0.452 e. The molecule has 2 rings (SSSR count). The molecule has 1 aliphatic carbocycles. The Morgan fingerprint density at radius 3 is 2.65 bits per heavy atom. The number of rotatable bonds is 1. The molecule has 6 heteroatoms. The number of hydrogen-bond acceptors (Lipinski definition) is 3. The van der Waals surface area contributed by atoms with Crippen LogP contribution in [0.4, 0.5) is 13.2 Å². The van der Waals surface area contributed by atoms with Crippen LogP contribution in [0.2, 0.25) is 0 Å². The molecule has 90 valence electrons. The summed E-state index contributed by atoms with van der Waals surface area (Å²) in [7, 11) is 0. The molecule has 0 aromatic heterocycles. The van der Waals surface area contributed by atoms with E-state index in [9.17, 15) is 22.8 Å². The number of carbonyl (C=O) groups excluding carboxylic acids is 2. The van der Waals surface area contributed by atoms with Crippen molar-refractivity contribution in [3.63, 3.8) is 0 Å². The van der Waals surface area contributed by atoms with Crippen molar-refractivity contribution in [2.24, 2.45) is 5.92 Å². The Balaban J connectivity index is 2.31. The summed E-state index contributed by atoms with van der Waals surface area (Å²) in [4.78, 5) is 22.3.